The second-order valence-electron chi connectivity index (χ2n) is 6.18. The van der Waals surface area contributed by atoms with Crippen molar-refractivity contribution in [2.45, 2.75) is 89.8 Å². The van der Waals surface area contributed by atoms with Gasteiger partial charge in [0.1, 0.15) is 0 Å². The Kier molecular flexibility index (Phi) is 5.97. The number of nitrogens with one attached hydrogen (secondary N) is 1. The molecule has 0 aromatic carbocycles. The third kappa shape index (κ3) is 3.48. The molecule has 1 N–H and O–H groups in total. The predicted octanol–water partition coefficient (Wildman–Crippen LogP) is 3.56. The fourth-order valence-electron chi connectivity index (χ4n) is 4.08. The Morgan fingerprint density at radius 2 is 1.61 bits per heavy atom. The molecule has 2 aliphatic rings. The summed E-state index contributed by atoms with van der Waals surface area (Å²) in [5.41, 5.74) is 0. The van der Waals surface area contributed by atoms with Gasteiger partial charge in [0.05, 0.1) is 0 Å². The lowest BCUT2D eigenvalue weighted by Crippen LogP contribution is -2.54. The first-order chi connectivity index (χ1) is 8.86. The lowest BCUT2D eigenvalue weighted by atomic mass is 9.88. The summed E-state index contributed by atoms with van der Waals surface area (Å²) >= 11 is 0. The standard InChI is InChI=1S/C16H32N2/c1-3-13-17-15-11-7-8-12-16(15)18(4-2)14-9-5-6-10-14/h14-17H,3-13H2,1-2H3. The van der Waals surface area contributed by atoms with Gasteiger partial charge in [0, 0.05) is 18.1 Å². The van der Waals surface area contributed by atoms with E-state index in [0.29, 0.717) is 0 Å². The highest BCUT2D eigenvalue weighted by Crippen LogP contribution is 2.30. The number of hydrogen-bond donors (Lipinski definition) is 1. The number of likely N-dealkylation sites (N-methyl/N-ethyl adjacent to an activating group) is 1. The average molecular weight is 252 g/mol. The molecule has 2 saturated carbocycles. The van der Waals surface area contributed by atoms with Crippen LogP contribution in [0.1, 0.15) is 71.6 Å². The number of nitrogens with zero attached hydrogens (tertiary/aromatic N) is 1. The average Bonchev–Trinajstić information content (AvgIpc) is 2.92. The maximum Gasteiger partial charge on any atom is 0.0252 e. The molecule has 0 spiro atoms. The van der Waals surface area contributed by atoms with E-state index in [1.165, 1.54) is 70.9 Å². The van der Waals surface area contributed by atoms with Gasteiger partial charge in [-0.15, -0.1) is 0 Å². The second-order valence-corrected chi connectivity index (χ2v) is 6.18. The van der Waals surface area contributed by atoms with Crippen molar-refractivity contribution < 1.29 is 0 Å². The van der Waals surface area contributed by atoms with Gasteiger partial charge in [-0.1, -0.05) is 39.5 Å². The predicted molar refractivity (Wildman–Crippen MR) is 79.0 cm³/mol. The summed E-state index contributed by atoms with van der Waals surface area (Å²) in [5, 5.41) is 3.82. The first-order valence-corrected chi connectivity index (χ1v) is 8.36. The van der Waals surface area contributed by atoms with Crippen LogP contribution in [0.5, 0.6) is 0 Å². The van der Waals surface area contributed by atoms with Crippen LogP contribution in [-0.4, -0.2) is 36.1 Å². The lowest BCUT2D eigenvalue weighted by Gasteiger charge is -2.43. The van der Waals surface area contributed by atoms with E-state index in [1.54, 1.807) is 0 Å². The highest BCUT2D eigenvalue weighted by Gasteiger charge is 2.33. The van der Waals surface area contributed by atoms with Crippen LogP contribution in [0.2, 0.25) is 0 Å². The van der Waals surface area contributed by atoms with Gasteiger partial charge in [-0.3, -0.25) is 4.90 Å². The minimum absolute atomic E-state index is 0.763. The first kappa shape index (κ1) is 14.3. The van der Waals surface area contributed by atoms with E-state index in [9.17, 15) is 0 Å². The molecule has 2 rings (SSSR count). The van der Waals surface area contributed by atoms with Crippen molar-refractivity contribution >= 4 is 0 Å². The Morgan fingerprint density at radius 1 is 0.944 bits per heavy atom. The zero-order valence-corrected chi connectivity index (χ0v) is 12.5. The van der Waals surface area contributed by atoms with Crippen LogP contribution in [0, 0.1) is 0 Å². The molecule has 2 heteroatoms. The molecule has 2 aliphatic carbocycles. The zero-order valence-electron chi connectivity index (χ0n) is 12.5. The van der Waals surface area contributed by atoms with Gasteiger partial charge in [-0.05, 0) is 45.2 Å². The van der Waals surface area contributed by atoms with E-state index in [4.69, 9.17) is 0 Å². The minimum Gasteiger partial charge on any atom is -0.312 e. The van der Waals surface area contributed by atoms with Crippen molar-refractivity contribution in [2.75, 3.05) is 13.1 Å². The van der Waals surface area contributed by atoms with Crippen LogP contribution in [0.3, 0.4) is 0 Å². The SMILES string of the molecule is CCCNC1CCCCC1N(CC)C1CCCC1. The van der Waals surface area contributed by atoms with Gasteiger partial charge in [-0.25, -0.2) is 0 Å². The molecule has 0 aromatic heterocycles. The largest absolute Gasteiger partial charge is 0.312 e. The fourth-order valence-corrected chi connectivity index (χ4v) is 4.08. The molecular formula is C16H32N2. The molecule has 0 aliphatic heterocycles. The molecule has 0 radical (unpaired) electrons. The summed E-state index contributed by atoms with van der Waals surface area (Å²) in [4.78, 5) is 2.85. The van der Waals surface area contributed by atoms with E-state index in [2.05, 4.69) is 24.1 Å². The number of hydrogen-bond acceptors (Lipinski definition) is 2. The highest BCUT2D eigenvalue weighted by atomic mass is 15.2. The van der Waals surface area contributed by atoms with Crippen LogP contribution in [0.25, 0.3) is 0 Å². The zero-order chi connectivity index (χ0) is 12.8. The van der Waals surface area contributed by atoms with Crippen LogP contribution in [0.15, 0.2) is 0 Å². The molecule has 18 heavy (non-hydrogen) atoms. The number of rotatable bonds is 6. The maximum atomic E-state index is 3.82. The minimum atomic E-state index is 0.763. The van der Waals surface area contributed by atoms with E-state index in [1.807, 2.05) is 0 Å². The summed E-state index contributed by atoms with van der Waals surface area (Å²) in [6.07, 6.45) is 12.8. The van der Waals surface area contributed by atoms with Crippen LogP contribution >= 0.6 is 0 Å². The van der Waals surface area contributed by atoms with Crippen LogP contribution in [0.4, 0.5) is 0 Å². The first-order valence-electron chi connectivity index (χ1n) is 8.36. The summed E-state index contributed by atoms with van der Waals surface area (Å²) in [6.45, 7) is 7.09. The Balaban J connectivity index is 1.96. The normalized spacial score (nSPS) is 30.2. The van der Waals surface area contributed by atoms with E-state index in [-0.39, 0.29) is 0 Å². The second kappa shape index (κ2) is 7.49. The Morgan fingerprint density at radius 3 is 2.28 bits per heavy atom. The monoisotopic (exact) mass is 252 g/mol. The van der Waals surface area contributed by atoms with Crippen molar-refractivity contribution in [2.24, 2.45) is 0 Å². The Bertz CT molecular complexity index is 223. The Labute approximate surface area is 114 Å². The quantitative estimate of drug-likeness (QED) is 0.777. The molecular weight excluding hydrogens is 220 g/mol. The topological polar surface area (TPSA) is 15.3 Å². The summed E-state index contributed by atoms with van der Waals surface area (Å²) < 4.78 is 0. The summed E-state index contributed by atoms with van der Waals surface area (Å²) in [6, 6.07) is 2.47. The van der Waals surface area contributed by atoms with E-state index in [0.717, 1.165) is 18.1 Å². The lowest BCUT2D eigenvalue weighted by molar-refractivity contribution is 0.0855. The highest BCUT2D eigenvalue weighted by molar-refractivity contribution is 4.91. The van der Waals surface area contributed by atoms with Crippen molar-refractivity contribution in [1.29, 1.82) is 0 Å². The van der Waals surface area contributed by atoms with Gasteiger partial charge in [0.15, 0.2) is 0 Å². The molecule has 0 aromatic rings. The third-order valence-corrected chi connectivity index (χ3v) is 4.97. The van der Waals surface area contributed by atoms with Crippen molar-refractivity contribution in [3.63, 3.8) is 0 Å². The molecule has 0 heterocycles. The molecule has 2 atom stereocenters. The maximum absolute atomic E-state index is 3.82. The van der Waals surface area contributed by atoms with Gasteiger partial charge < -0.3 is 5.32 Å². The summed E-state index contributed by atoms with van der Waals surface area (Å²) in [7, 11) is 0. The molecule has 2 fully saturated rings. The van der Waals surface area contributed by atoms with Gasteiger partial charge in [0.25, 0.3) is 0 Å². The van der Waals surface area contributed by atoms with Crippen LogP contribution in [-0.2, 0) is 0 Å². The fraction of sp³-hybridized carbons (Fsp3) is 1.00. The molecule has 2 nitrogen and oxygen atoms in total. The summed E-state index contributed by atoms with van der Waals surface area (Å²) in [5.74, 6) is 0. The van der Waals surface area contributed by atoms with Crippen molar-refractivity contribution in [3.8, 4) is 0 Å². The van der Waals surface area contributed by atoms with Gasteiger partial charge >= 0.3 is 0 Å². The van der Waals surface area contributed by atoms with E-state index < -0.39 is 0 Å². The third-order valence-electron chi connectivity index (χ3n) is 4.97. The van der Waals surface area contributed by atoms with Crippen molar-refractivity contribution in [3.05, 3.63) is 0 Å². The van der Waals surface area contributed by atoms with Crippen molar-refractivity contribution in [1.82, 2.24) is 10.2 Å². The smallest absolute Gasteiger partial charge is 0.0252 e. The molecule has 106 valence electrons. The molecule has 0 bridgehead atoms. The molecule has 0 amide bonds. The molecule has 0 saturated heterocycles. The van der Waals surface area contributed by atoms with Crippen LogP contribution < -0.4 is 5.32 Å². The van der Waals surface area contributed by atoms with Gasteiger partial charge in [0.2, 0.25) is 0 Å². The molecule has 2 unspecified atom stereocenters. The van der Waals surface area contributed by atoms with Gasteiger partial charge in [-0.2, -0.15) is 0 Å². The Hall–Kier alpha value is -0.0800. The van der Waals surface area contributed by atoms with E-state index >= 15 is 0 Å².